The van der Waals surface area contributed by atoms with Crippen molar-refractivity contribution in [1.82, 2.24) is 0 Å². The average Bonchev–Trinajstić information content (AvgIpc) is 3.36. The molecule has 4 nitrogen and oxygen atoms in total. The Kier molecular flexibility index (Phi) is 8.94. The molecule has 0 atom stereocenters. The van der Waals surface area contributed by atoms with E-state index in [2.05, 4.69) is 180 Å². The fourth-order valence-corrected chi connectivity index (χ4v) is 9.73. The molecule has 4 heteroatoms. The van der Waals surface area contributed by atoms with Crippen LogP contribution >= 0.6 is 0 Å². The number of rotatable bonds is 7. The van der Waals surface area contributed by atoms with Crippen LogP contribution in [0.4, 0.5) is 34.1 Å². The fraction of sp³-hybridized carbons (Fsp3) is 0. The quantitative estimate of drug-likeness (QED) is 0.163. The van der Waals surface area contributed by atoms with Crippen molar-refractivity contribution in [3.63, 3.8) is 0 Å². The SMILES string of the molecule is Oc1ccccc1N(c1ccccc1)c1ccc2c(-c3ccccc3-c3cccc4ccccc34)c3cc(N4c5ccccc5Oc5ccccc54)ccc3c(-c3ccccc3)c2c1. The van der Waals surface area contributed by atoms with Crippen molar-refractivity contribution >= 4 is 66.4 Å². The van der Waals surface area contributed by atoms with E-state index in [-0.39, 0.29) is 5.75 Å². The summed E-state index contributed by atoms with van der Waals surface area (Å²) in [5, 5.41) is 18.3. The van der Waals surface area contributed by atoms with Crippen LogP contribution in [-0.2, 0) is 0 Å². The van der Waals surface area contributed by atoms with Gasteiger partial charge in [-0.25, -0.2) is 0 Å². The van der Waals surface area contributed by atoms with Crippen molar-refractivity contribution in [2.24, 2.45) is 0 Å². The Labute approximate surface area is 371 Å². The lowest BCUT2D eigenvalue weighted by molar-refractivity contribution is 0.476. The van der Waals surface area contributed by atoms with Crippen molar-refractivity contribution in [1.29, 1.82) is 0 Å². The van der Waals surface area contributed by atoms with Gasteiger partial charge in [-0.05, 0) is 138 Å². The van der Waals surface area contributed by atoms with E-state index in [1.807, 2.05) is 60.7 Å². The van der Waals surface area contributed by atoms with Crippen LogP contribution in [-0.4, -0.2) is 5.11 Å². The highest BCUT2D eigenvalue weighted by atomic mass is 16.5. The Morgan fingerprint density at radius 3 is 1.73 bits per heavy atom. The van der Waals surface area contributed by atoms with E-state index in [9.17, 15) is 5.11 Å². The third kappa shape index (κ3) is 6.15. The average molecular weight is 821 g/mol. The summed E-state index contributed by atoms with van der Waals surface area (Å²) in [7, 11) is 0. The smallest absolute Gasteiger partial charge is 0.151 e. The molecule has 0 unspecified atom stereocenters. The Hall–Kier alpha value is -8.60. The van der Waals surface area contributed by atoms with E-state index in [1.54, 1.807) is 6.07 Å². The number of phenolic OH excluding ortho intramolecular Hbond substituents is 1. The molecule has 1 heterocycles. The van der Waals surface area contributed by atoms with E-state index < -0.39 is 0 Å². The maximum absolute atomic E-state index is 11.4. The largest absolute Gasteiger partial charge is 0.506 e. The molecule has 0 aromatic heterocycles. The van der Waals surface area contributed by atoms with Crippen LogP contribution in [0.5, 0.6) is 17.2 Å². The van der Waals surface area contributed by atoms with Crippen molar-refractivity contribution < 1.29 is 9.84 Å². The van der Waals surface area contributed by atoms with Crippen molar-refractivity contribution in [3.8, 4) is 50.6 Å². The highest BCUT2D eigenvalue weighted by molar-refractivity contribution is 6.24. The van der Waals surface area contributed by atoms with E-state index in [0.717, 1.165) is 89.3 Å². The summed E-state index contributed by atoms with van der Waals surface area (Å²) in [6, 6.07) is 83.0. The molecule has 302 valence electrons. The third-order valence-electron chi connectivity index (χ3n) is 12.5. The Balaban J connectivity index is 1.21. The second-order valence-corrected chi connectivity index (χ2v) is 16.2. The highest BCUT2D eigenvalue weighted by Gasteiger charge is 2.28. The molecule has 1 aliphatic rings. The topological polar surface area (TPSA) is 35.9 Å². The monoisotopic (exact) mass is 820 g/mol. The Morgan fingerprint density at radius 2 is 0.953 bits per heavy atom. The van der Waals surface area contributed by atoms with Crippen LogP contribution in [0.15, 0.2) is 237 Å². The van der Waals surface area contributed by atoms with Crippen LogP contribution in [0.2, 0.25) is 0 Å². The van der Waals surface area contributed by atoms with Gasteiger partial charge in [0.1, 0.15) is 5.75 Å². The van der Waals surface area contributed by atoms with Crippen LogP contribution in [0.25, 0.3) is 65.7 Å². The second-order valence-electron chi connectivity index (χ2n) is 16.2. The molecular weight excluding hydrogens is 781 g/mol. The zero-order valence-corrected chi connectivity index (χ0v) is 34.8. The number of ether oxygens (including phenoxy) is 1. The maximum atomic E-state index is 11.4. The molecule has 64 heavy (non-hydrogen) atoms. The molecule has 0 amide bonds. The molecule has 0 spiro atoms. The highest BCUT2D eigenvalue weighted by Crippen LogP contribution is 2.54. The fourth-order valence-electron chi connectivity index (χ4n) is 9.73. The molecule has 0 saturated heterocycles. The first-order chi connectivity index (χ1) is 31.7. The number of para-hydroxylation sites is 7. The number of nitrogens with zero attached hydrogens (tertiary/aromatic N) is 2. The van der Waals surface area contributed by atoms with E-state index >= 15 is 0 Å². The van der Waals surface area contributed by atoms with E-state index in [0.29, 0.717) is 5.69 Å². The van der Waals surface area contributed by atoms with Gasteiger partial charge in [-0.2, -0.15) is 0 Å². The number of fused-ring (bicyclic) bond motifs is 5. The molecule has 11 aromatic carbocycles. The molecule has 1 aliphatic heterocycles. The minimum absolute atomic E-state index is 0.205. The first-order valence-corrected chi connectivity index (χ1v) is 21.7. The van der Waals surface area contributed by atoms with E-state index in [1.165, 1.54) is 16.3 Å². The number of aromatic hydroxyl groups is 1. The summed E-state index contributed by atoms with van der Waals surface area (Å²) >= 11 is 0. The van der Waals surface area contributed by atoms with Crippen molar-refractivity contribution in [2.45, 2.75) is 0 Å². The molecule has 0 saturated carbocycles. The van der Waals surface area contributed by atoms with Gasteiger partial charge in [-0.15, -0.1) is 0 Å². The molecule has 11 aromatic rings. The van der Waals surface area contributed by atoms with Gasteiger partial charge in [-0.1, -0.05) is 164 Å². The number of hydrogen-bond acceptors (Lipinski definition) is 4. The van der Waals surface area contributed by atoms with Gasteiger partial charge in [0, 0.05) is 17.1 Å². The maximum Gasteiger partial charge on any atom is 0.151 e. The number of anilines is 6. The number of hydrogen-bond donors (Lipinski definition) is 1. The zero-order chi connectivity index (χ0) is 42.6. The first kappa shape index (κ1) is 37.2. The van der Waals surface area contributed by atoms with Gasteiger partial charge in [0.25, 0.3) is 0 Å². The van der Waals surface area contributed by atoms with Gasteiger partial charge in [0.15, 0.2) is 11.5 Å². The minimum Gasteiger partial charge on any atom is -0.506 e. The molecule has 0 aliphatic carbocycles. The molecule has 12 rings (SSSR count). The van der Waals surface area contributed by atoms with Crippen molar-refractivity contribution in [2.75, 3.05) is 9.80 Å². The predicted molar refractivity (Wildman–Crippen MR) is 266 cm³/mol. The molecule has 0 fully saturated rings. The summed E-state index contributed by atoms with van der Waals surface area (Å²) in [5.41, 5.74) is 12.5. The van der Waals surface area contributed by atoms with E-state index in [4.69, 9.17) is 4.74 Å². The zero-order valence-electron chi connectivity index (χ0n) is 34.8. The van der Waals surface area contributed by atoms with Crippen LogP contribution in [0.3, 0.4) is 0 Å². The normalized spacial score (nSPS) is 11.9. The van der Waals surface area contributed by atoms with Gasteiger partial charge in [-0.3, -0.25) is 0 Å². The molecule has 0 bridgehead atoms. The van der Waals surface area contributed by atoms with Crippen LogP contribution in [0.1, 0.15) is 0 Å². The Morgan fingerprint density at radius 1 is 0.375 bits per heavy atom. The summed E-state index contributed by atoms with van der Waals surface area (Å²) in [6.07, 6.45) is 0. The van der Waals surface area contributed by atoms with Crippen LogP contribution in [0, 0.1) is 0 Å². The minimum atomic E-state index is 0.205. The first-order valence-electron chi connectivity index (χ1n) is 21.7. The number of benzene rings is 11. The molecule has 1 N–H and O–H groups in total. The van der Waals surface area contributed by atoms with Gasteiger partial charge in [0.05, 0.1) is 17.1 Å². The lowest BCUT2D eigenvalue weighted by Crippen LogP contribution is -2.15. The van der Waals surface area contributed by atoms with Gasteiger partial charge < -0.3 is 19.6 Å². The third-order valence-corrected chi connectivity index (χ3v) is 12.5. The predicted octanol–water partition coefficient (Wildman–Crippen LogP) is 16.9. The van der Waals surface area contributed by atoms with Crippen LogP contribution < -0.4 is 14.5 Å². The lowest BCUT2D eigenvalue weighted by Gasteiger charge is -2.33. The Bertz CT molecular complexity index is 3510. The second kappa shape index (κ2) is 15.4. The van der Waals surface area contributed by atoms with Gasteiger partial charge >= 0.3 is 0 Å². The summed E-state index contributed by atoms with van der Waals surface area (Å²) in [5.74, 6) is 1.83. The molecule has 0 radical (unpaired) electrons. The molecular formula is C60H40N2O2. The summed E-state index contributed by atoms with van der Waals surface area (Å²) in [6.45, 7) is 0. The lowest BCUT2D eigenvalue weighted by atomic mass is 9.83. The summed E-state index contributed by atoms with van der Waals surface area (Å²) < 4.78 is 6.48. The standard InChI is InChI=1S/C60H40N2O2/c63-56-31-14-11-28-53(56)61(42-22-5-2-6-23-42)43-34-37-50-51(38-43)59(41-19-3-1-4-20-41)49-36-35-44(62-54-29-12-15-32-57(54)64-58-33-16-13-30-55(58)62)39-52(49)60(50)48-26-10-9-25-47(48)46-27-17-21-40-18-7-8-24-45(40)46/h1-39,63H. The number of phenols is 1. The van der Waals surface area contributed by atoms with Gasteiger partial charge in [0.2, 0.25) is 0 Å². The van der Waals surface area contributed by atoms with Crippen molar-refractivity contribution in [3.05, 3.63) is 237 Å². The summed E-state index contributed by atoms with van der Waals surface area (Å²) in [4.78, 5) is 4.47.